The highest BCUT2D eigenvalue weighted by molar-refractivity contribution is 7.98. The minimum atomic E-state index is 0.0865. The number of piperazine rings is 2. The van der Waals surface area contributed by atoms with E-state index in [9.17, 15) is 4.79 Å². The van der Waals surface area contributed by atoms with E-state index >= 15 is 0 Å². The third kappa shape index (κ3) is 7.62. The van der Waals surface area contributed by atoms with Gasteiger partial charge in [0.2, 0.25) is 0 Å². The fourth-order valence-electron chi connectivity index (χ4n) is 5.57. The highest BCUT2D eigenvalue weighted by atomic mass is 35.5. The summed E-state index contributed by atoms with van der Waals surface area (Å²) in [4.78, 5) is 31.5. The van der Waals surface area contributed by atoms with E-state index in [1.165, 1.54) is 17.3 Å². The number of hydrogen-bond acceptors (Lipinski definition) is 7. The average Bonchev–Trinajstić information content (AvgIpc) is 3.04. The number of carbonyl (C=O) groups is 1. The van der Waals surface area contributed by atoms with Gasteiger partial charge in [-0.05, 0) is 35.4 Å². The molecule has 43 heavy (non-hydrogen) atoms. The number of halogens is 2. The zero-order valence-electron chi connectivity index (χ0n) is 23.9. The van der Waals surface area contributed by atoms with Gasteiger partial charge in [-0.15, -0.1) is 0 Å². The molecule has 0 radical (unpaired) electrons. The van der Waals surface area contributed by atoms with Gasteiger partial charge in [0.15, 0.2) is 5.16 Å². The average molecular weight is 634 g/mol. The Labute approximate surface area is 267 Å². The van der Waals surface area contributed by atoms with Crippen LogP contribution in [0.5, 0.6) is 0 Å². The molecule has 0 N–H and O–H groups in total. The van der Waals surface area contributed by atoms with Gasteiger partial charge in [0, 0.05) is 76.3 Å². The van der Waals surface area contributed by atoms with E-state index < -0.39 is 0 Å². The number of nitrogens with zero attached hydrogens (tertiary/aromatic N) is 6. The van der Waals surface area contributed by atoms with Crippen molar-refractivity contribution in [2.24, 2.45) is 0 Å². The fraction of sp³-hybridized carbons (Fsp3) is 0.303. The molecule has 2 aliphatic heterocycles. The highest BCUT2D eigenvalue weighted by Crippen LogP contribution is 2.29. The summed E-state index contributed by atoms with van der Waals surface area (Å²) in [7, 11) is 0. The molecular weight excluding hydrogens is 599 g/mol. The predicted octanol–water partition coefficient (Wildman–Crippen LogP) is 6.36. The summed E-state index contributed by atoms with van der Waals surface area (Å²) < 4.78 is 0. The normalized spacial score (nSPS) is 16.0. The van der Waals surface area contributed by atoms with Crippen LogP contribution in [0.25, 0.3) is 0 Å². The summed E-state index contributed by atoms with van der Waals surface area (Å²) in [6.07, 6.45) is 0. The van der Waals surface area contributed by atoms with Crippen molar-refractivity contribution in [1.82, 2.24) is 19.8 Å². The van der Waals surface area contributed by atoms with Crippen LogP contribution in [-0.4, -0.2) is 78.0 Å². The van der Waals surface area contributed by atoms with Crippen LogP contribution < -0.4 is 9.80 Å². The standard InChI is InChI=1S/C33H34Cl2N6OS/c34-28-11-4-5-12-29(28)39-17-19-40(20-18-39)31-22-30(35)36-33(37-31)43-24-26-9-6-10-27(21-26)32(42)41-15-13-38(14-16-41)23-25-7-2-1-3-8-25/h1-12,21-22H,13-20,23-24H2. The molecule has 0 unspecified atom stereocenters. The van der Waals surface area contributed by atoms with Gasteiger partial charge in [-0.25, -0.2) is 9.97 Å². The lowest BCUT2D eigenvalue weighted by molar-refractivity contribution is 0.0628. The number of amides is 1. The summed E-state index contributed by atoms with van der Waals surface area (Å²) >= 11 is 14.4. The molecule has 1 aromatic heterocycles. The third-order valence-corrected chi connectivity index (χ3v) is 9.34. The Bertz CT molecular complexity index is 1540. The van der Waals surface area contributed by atoms with Gasteiger partial charge in [-0.2, -0.15) is 0 Å². The minimum Gasteiger partial charge on any atom is -0.367 e. The van der Waals surface area contributed by atoms with Gasteiger partial charge < -0.3 is 14.7 Å². The molecule has 0 atom stereocenters. The molecule has 3 aromatic carbocycles. The van der Waals surface area contributed by atoms with Crippen LogP contribution in [0, 0.1) is 0 Å². The van der Waals surface area contributed by atoms with Crippen LogP contribution in [0.15, 0.2) is 90.1 Å². The van der Waals surface area contributed by atoms with Gasteiger partial charge in [0.1, 0.15) is 11.0 Å². The molecule has 2 fully saturated rings. The number of aromatic nitrogens is 2. The Morgan fingerprint density at radius 1 is 0.721 bits per heavy atom. The maximum absolute atomic E-state index is 13.3. The molecule has 222 valence electrons. The van der Waals surface area contributed by atoms with E-state index in [1.54, 1.807) is 0 Å². The first-order valence-electron chi connectivity index (χ1n) is 14.6. The van der Waals surface area contributed by atoms with Gasteiger partial charge in [-0.3, -0.25) is 9.69 Å². The van der Waals surface area contributed by atoms with Crippen LogP contribution in [0.2, 0.25) is 10.2 Å². The number of carbonyl (C=O) groups excluding carboxylic acids is 1. The van der Waals surface area contributed by atoms with Crippen molar-refractivity contribution in [3.8, 4) is 0 Å². The summed E-state index contributed by atoms with van der Waals surface area (Å²) in [5.74, 6) is 1.56. The molecule has 0 spiro atoms. The van der Waals surface area contributed by atoms with Gasteiger partial charge in [0.05, 0.1) is 10.7 Å². The summed E-state index contributed by atoms with van der Waals surface area (Å²) in [5.41, 5.74) is 4.14. The van der Waals surface area contributed by atoms with Crippen molar-refractivity contribution >= 4 is 52.4 Å². The Kier molecular flexibility index (Phi) is 9.68. The van der Waals surface area contributed by atoms with Crippen LogP contribution >= 0.6 is 35.0 Å². The zero-order chi connectivity index (χ0) is 29.6. The minimum absolute atomic E-state index is 0.0865. The second-order valence-corrected chi connectivity index (χ2v) is 12.5. The maximum Gasteiger partial charge on any atom is 0.253 e. The number of rotatable bonds is 8. The quantitative estimate of drug-likeness (QED) is 0.127. The van der Waals surface area contributed by atoms with Crippen molar-refractivity contribution in [2.75, 3.05) is 62.2 Å². The highest BCUT2D eigenvalue weighted by Gasteiger charge is 2.23. The lowest BCUT2D eigenvalue weighted by Gasteiger charge is -2.37. The smallest absolute Gasteiger partial charge is 0.253 e. The van der Waals surface area contributed by atoms with Crippen molar-refractivity contribution < 1.29 is 4.79 Å². The van der Waals surface area contributed by atoms with E-state index in [-0.39, 0.29) is 5.91 Å². The molecule has 4 aromatic rings. The van der Waals surface area contributed by atoms with E-state index in [0.29, 0.717) is 16.1 Å². The zero-order valence-corrected chi connectivity index (χ0v) is 26.2. The molecule has 1 amide bonds. The summed E-state index contributed by atoms with van der Waals surface area (Å²) in [6.45, 7) is 7.45. The largest absolute Gasteiger partial charge is 0.367 e. The van der Waals surface area contributed by atoms with Gasteiger partial charge in [-0.1, -0.05) is 89.6 Å². The van der Waals surface area contributed by atoms with Gasteiger partial charge >= 0.3 is 0 Å². The van der Waals surface area contributed by atoms with Crippen molar-refractivity contribution in [2.45, 2.75) is 17.5 Å². The van der Waals surface area contributed by atoms with E-state index in [4.69, 9.17) is 28.2 Å². The Hall–Kier alpha value is -3.30. The molecule has 0 saturated carbocycles. The molecule has 0 bridgehead atoms. The lowest BCUT2D eigenvalue weighted by Crippen LogP contribution is -2.48. The first-order chi connectivity index (χ1) is 21.0. The van der Waals surface area contributed by atoms with E-state index in [2.05, 4.69) is 50.0 Å². The second kappa shape index (κ2) is 14.0. The Morgan fingerprint density at radius 3 is 2.19 bits per heavy atom. The summed E-state index contributed by atoms with van der Waals surface area (Å²) in [5, 5.41) is 1.82. The molecule has 7 nitrogen and oxygen atoms in total. The van der Waals surface area contributed by atoms with Crippen LogP contribution in [0.1, 0.15) is 21.5 Å². The van der Waals surface area contributed by atoms with Crippen LogP contribution in [0.3, 0.4) is 0 Å². The molecule has 10 heteroatoms. The SMILES string of the molecule is O=C(c1cccc(CSc2nc(Cl)cc(N3CCN(c4ccccc4Cl)CC3)n2)c1)N1CCN(Cc2ccccc2)CC1. The molecule has 0 aliphatic carbocycles. The number of benzene rings is 3. The summed E-state index contributed by atoms with van der Waals surface area (Å²) in [6, 6.07) is 28.2. The van der Waals surface area contributed by atoms with E-state index in [0.717, 1.165) is 86.6 Å². The van der Waals surface area contributed by atoms with E-state index in [1.807, 2.05) is 59.5 Å². The molecule has 3 heterocycles. The molecule has 2 aliphatic rings. The van der Waals surface area contributed by atoms with Crippen molar-refractivity contribution in [3.63, 3.8) is 0 Å². The third-order valence-electron chi connectivity index (χ3n) is 7.91. The number of thioether (sulfide) groups is 1. The van der Waals surface area contributed by atoms with Gasteiger partial charge in [0.25, 0.3) is 5.91 Å². The number of para-hydroxylation sites is 1. The maximum atomic E-state index is 13.3. The van der Waals surface area contributed by atoms with Crippen molar-refractivity contribution in [3.05, 3.63) is 112 Å². The topological polar surface area (TPSA) is 55.8 Å². The molecular formula is C33H34Cl2N6OS. The molecule has 6 rings (SSSR count). The first kappa shape index (κ1) is 29.8. The second-order valence-electron chi connectivity index (χ2n) is 10.8. The first-order valence-corrected chi connectivity index (χ1v) is 16.3. The molecule has 2 saturated heterocycles. The van der Waals surface area contributed by atoms with Crippen molar-refractivity contribution in [1.29, 1.82) is 0 Å². The van der Waals surface area contributed by atoms with Crippen LogP contribution in [0.4, 0.5) is 11.5 Å². The predicted molar refractivity (Wildman–Crippen MR) is 177 cm³/mol. The Morgan fingerprint density at radius 2 is 1.42 bits per heavy atom. The lowest BCUT2D eigenvalue weighted by atomic mass is 10.1. The fourth-order valence-corrected chi connectivity index (χ4v) is 6.85. The van der Waals surface area contributed by atoms with Crippen LogP contribution in [-0.2, 0) is 12.3 Å². The Balaban J connectivity index is 1.03. The monoisotopic (exact) mass is 632 g/mol. The number of hydrogen-bond donors (Lipinski definition) is 0. The number of anilines is 2.